The van der Waals surface area contributed by atoms with Crippen LogP contribution in [-0.2, 0) is 4.74 Å². The molecule has 0 radical (unpaired) electrons. The molecule has 28 heavy (non-hydrogen) atoms. The molecule has 1 saturated heterocycles. The number of anilines is 1. The number of methoxy groups -OCH3 is 2. The first-order chi connectivity index (χ1) is 13.7. The first-order valence-electron chi connectivity index (χ1n) is 9.37. The first-order valence-corrected chi connectivity index (χ1v) is 9.37. The van der Waals surface area contributed by atoms with Crippen molar-refractivity contribution < 1.29 is 14.2 Å². The van der Waals surface area contributed by atoms with Gasteiger partial charge in [0, 0.05) is 19.2 Å². The second-order valence-corrected chi connectivity index (χ2v) is 6.49. The predicted molar refractivity (Wildman–Crippen MR) is 111 cm³/mol. The van der Waals surface area contributed by atoms with Gasteiger partial charge in [-0.05, 0) is 17.7 Å². The Balaban J connectivity index is 1.75. The number of hydrogen-bond acceptors (Lipinski definition) is 5. The second kappa shape index (κ2) is 9.96. The molecule has 1 heterocycles. The molecular weight excluding hydrogens is 356 g/mol. The van der Waals surface area contributed by atoms with E-state index in [2.05, 4.69) is 39.5 Å². The number of aliphatic imine (C=N–C) groups is 1. The molecule has 1 aliphatic rings. The molecule has 1 aliphatic heterocycles. The topological polar surface area (TPSA) is 81.3 Å². The minimum atomic E-state index is 0.151. The van der Waals surface area contributed by atoms with Crippen LogP contribution in [0.4, 0.5) is 5.69 Å². The van der Waals surface area contributed by atoms with Gasteiger partial charge >= 0.3 is 0 Å². The molecule has 0 amide bonds. The summed E-state index contributed by atoms with van der Waals surface area (Å²) in [5.41, 5.74) is 8.11. The first kappa shape index (κ1) is 20.0. The second-order valence-electron chi connectivity index (χ2n) is 6.49. The average Bonchev–Trinajstić information content (AvgIpc) is 2.75. The summed E-state index contributed by atoms with van der Waals surface area (Å²) in [7, 11) is 3.24. The largest absolute Gasteiger partial charge is 0.497 e. The van der Waals surface area contributed by atoms with E-state index in [1.54, 1.807) is 14.2 Å². The molecule has 7 nitrogen and oxygen atoms in total. The van der Waals surface area contributed by atoms with E-state index in [1.807, 2.05) is 24.3 Å². The zero-order valence-electron chi connectivity index (χ0n) is 16.4. The molecular formula is C21H28N4O3. The number of nitrogens with zero attached hydrogens (tertiary/aromatic N) is 2. The van der Waals surface area contributed by atoms with Crippen LogP contribution >= 0.6 is 0 Å². The number of morpholine rings is 1. The normalized spacial score (nSPS) is 16.4. The molecule has 2 aromatic carbocycles. The Labute approximate surface area is 166 Å². The van der Waals surface area contributed by atoms with Crippen LogP contribution in [0, 0.1) is 0 Å². The summed E-state index contributed by atoms with van der Waals surface area (Å²) in [6.45, 7) is 3.79. The van der Waals surface area contributed by atoms with Gasteiger partial charge in [0.15, 0.2) is 5.96 Å². The lowest BCUT2D eigenvalue weighted by atomic mass is 10.1. The van der Waals surface area contributed by atoms with Gasteiger partial charge in [-0.3, -0.25) is 9.89 Å². The number of nitrogens with two attached hydrogens (primary N) is 1. The monoisotopic (exact) mass is 384 g/mol. The average molecular weight is 384 g/mol. The van der Waals surface area contributed by atoms with Crippen LogP contribution in [0.5, 0.6) is 11.5 Å². The minimum Gasteiger partial charge on any atom is -0.497 e. The highest BCUT2D eigenvalue weighted by atomic mass is 16.5. The van der Waals surface area contributed by atoms with E-state index >= 15 is 0 Å². The zero-order chi connectivity index (χ0) is 19.8. The minimum absolute atomic E-state index is 0.151. The predicted octanol–water partition coefficient (Wildman–Crippen LogP) is 2.50. The van der Waals surface area contributed by atoms with Gasteiger partial charge in [0.05, 0.1) is 45.7 Å². The number of hydrogen-bond donors (Lipinski definition) is 2. The van der Waals surface area contributed by atoms with Crippen molar-refractivity contribution in [2.75, 3.05) is 52.4 Å². The van der Waals surface area contributed by atoms with Crippen molar-refractivity contribution >= 4 is 11.6 Å². The Kier molecular flexibility index (Phi) is 7.11. The van der Waals surface area contributed by atoms with Gasteiger partial charge in [-0.25, -0.2) is 0 Å². The molecule has 2 aromatic rings. The lowest BCUT2D eigenvalue weighted by Crippen LogP contribution is -2.40. The fraction of sp³-hybridized carbons (Fsp3) is 0.381. The lowest BCUT2D eigenvalue weighted by Gasteiger charge is -2.34. The summed E-state index contributed by atoms with van der Waals surface area (Å²) in [6, 6.07) is 16.0. The van der Waals surface area contributed by atoms with Crippen LogP contribution in [0.15, 0.2) is 53.5 Å². The number of nitrogens with one attached hydrogen (secondary N) is 1. The molecule has 1 fully saturated rings. The third kappa shape index (κ3) is 5.15. The third-order valence-electron chi connectivity index (χ3n) is 4.77. The maximum Gasteiger partial charge on any atom is 0.193 e. The molecule has 1 unspecified atom stereocenters. The van der Waals surface area contributed by atoms with E-state index < -0.39 is 0 Å². The highest BCUT2D eigenvalue weighted by Crippen LogP contribution is 2.29. The van der Waals surface area contributed by atoms with E-state index in [0.29, 0.717) is 29.7 Å². The van der Waals surface area contributed by atoms with Gasteiger partial charge in [0.25, 0.3) is 0 Å². The van der Waals surface area contributed by atoms with Gasteiger partial charge in [-0.1, -0.05) is 30.3 Å². The highest BCUT2D eigenvalue weighted by molar-refractivity contribution is 5.94. The molecule has 0 saturated carbocycles. The molecule has 150 valence electrons. The smallest absolute Gasteiger partial charge is 0.193 e. The van der Waals surface area contributed by atoms with E-state index in [1.165, 1.54) is 5.56 Å². The molecule has 0 aromatic heterocycles. The van der Waals surface area contributed by atoms with Crippen LogP contribution in [0.2, 0.25) is 0 Å². The van der Waals surface area contributed by atoms with E-state index in [9.17, 15) is 0 Å². The van der Waals surface area contributed by atoms with Gasteiger partial charge in [0.1, 0.15) is 11.5 Å². The maximum atomic E-state index is 6.18. The fourth-order valence-corrected chi connectivity index (χ4v) is 3.27. The van der Waals surface area contributed by atoms with E-state index in [4.69, 9.17) is 19.9 Å². The lowest BCUT2D eigenvalue weighted by molar-refractivity contribution is 0.0180. The molecule has 3 N–H and O–H groups in total. The van der Waals surface area contributed by atoms with Gasteiger partial charge < -0.3 is 25.3 Å². The van der Waals surface area contributed by atoms with Crippen LogP contribution in [-0.4, -0.2) is 57.9 Å². The molecule has 3 rings (SSSR count). The summed E-state index contributed by atoms with van der Waals surface area (Å²) >= 11 is 0. The van der Waals surface area contributed by atoms with Gasteiger partial charge in [-0.15, -0.1) is 0 Å². The van der Waals surface area contributed by atoms with Crippen LogP contribution in [0.1, 0.15) is 11.6 Å². The van der Waals surface area contributed by atoms with Crippen molar-refractivity contribution in [2.24, 2.45) is 10.7 Å². The summed E-state index contributed by atoms with van der Waals surface area (Å²) < 4.78 is 16.2. The van der Waals surface area contributed by atoms with E-state index in [0.717, 1.165) is 26.3 Å². The van der Waals surface area contributed by atoms with Crippen molar-refractivity contribution in [3.63, 3.8) is 0 Å². The number of guanidine groups is 1. The SMILES string of the molecule is COc1ccc(OC)c(NC(N)=NCC(c2ccccc2)N2CCOCC2)c1. The van der Waals surface area contributed by atoms with Crippen molar-refractivity contribution in [3.8, 4) is 11.5 Å². The Morgan fingerprint density at radius 3 is 2.57 bits per heavy atom. The van der Waals surface area contributed by atoms with Crippen LogP contribution < -0.4 is 20.5 Å². The van der Waals surface area contributed by atoms with E-state index in [-0.39, 0.29) is 6.04 Å². The Morgan fingerprint density at radius 2 is 1.89 bits per heavy atom. The molecule has 0 spiro atoms. The summed E-state index contributed by atoms with van der Waals surface area (Å²) in [6.07, 6.45) is 0. The van der Waals surface area contributed by atoms with Gasteiger partial charge in [-0.2, -0.15) is 0 Å². The van der Waals surface area contributed by atoms with Crippen molar-refractivity contribution in [1.82, 2.24) is 4.90 Å². The number of rotatable bonds is 7. The quantitative estimate of drug-likeness (QED) is 0.564. The van der Waals surface area contributed by atoms with Crippen molar-refractivity contribution in [3.05, 3.63) is 54.1 Å². The zero-order valence-corrected chi connectivity index (χ0v) is 16.4. The Bertz CT molecular complexity index is 776. The molecule has 1 atom stereocenters. The number of ether oxygens (including phenoxy) is 3. The Morgan fingerprint density at radius 1 is 1.14 bits per heavy atom. The molecule has 0 bridgehead atoms. The summed E-state index contributed by atoms with van der Waals surface area (Å²) in [4.78, 5) is 7.00. The van der Waals surface area contributed by atoms with Crippen molar-refractivity contribution in [1.29, 1.82) is 0 Å². The van der Waals surface area contributed by atoms with Crippen LogP contribution in [0.3, 0.4) is 0 Å². The summed E-state index contributed by atoms with van der Waals surface area (Å²) in [5, 5.41) is 3.13. The summed E-state index contributed by atoms with van der Waals surface area (Å²) in [5.74, 6) is 1.72. The van der Waals surface area contributed by atoms with Crippen LogP contribution in [0.25, 0.3) is 0 Å². The maximum absolute atomic E-state index is 6.18. The van der Waals surface area contributed by atoms with Crippen molar-refractivity contribution in [2.45, 2.75) is 6.04 Å². The standard InChI is InChI=1S/C21H28N4O3/c1-26-17-8-9-20(27-2)18(14-17)24-21(22)23-15-19(16-6-4-3-5-7-16)25-10-12-28-13-11-25/h3-9,14,19H,10-13,15H2,1-2H3,(H3,22,23,24). The highest BCUT2D eigenvalue weighted by Gasteiger charge is 2.22. The van der Waals surface area contributed by atoms with Gasteiger partial charge in [0.2, 0.25) is 0 Å². The number of benzene rings is 2. The Hall–Kier alpha value is -2.77. The fourth-order valence-electron chi connectivity index (χ4n) is 3.27. The molecule has 7 heteroatoms. The third-order valence-corrected chi connectivity index (χ3v) is 4.77. The molecule has 0 aliphatic carbocycles.